The summed E-state index contributed by atoms with van der Waals surface area (Å²) in [6, 6.07) is 2.37. The average molecular weight is 299 g/mol. The van der Waals surface area contributed by atoms with Crippen molar-refractivity contribution in [1.82, 2.24) is 4.98 Å². The summed E-state index contributed by atoms with van der Waals surface area (Å²) < 4.78 is 1.03. The largest absolute Gasteiger partial charge is 0.327 e. The lowest BCUT2D eigenvalue weighted by Gasteiger charge is -2.23. The second kappa shape index (κ2) is 7.83. The molecule has 0 aliphatic rings. The molecule has 0 aromatic carbocycles. The van der Waals surface area contributed by atoms with E-state index >= 15 is 0 Å². The van der Waals surface area contributed by atoms with Crippen molar-refractivity contribution in [1.29, 1.82) is 0 Å². The zero-order valence-corrected chi connectivity index (χ0v) is 12.4. The summed E-state index contributed by atoms with van der Waals surface area (Å²) in [4.78, 5) is 4.19. The Morgan fingerprint density at radius 2 is 1.88 bits per heavy atom. The molecule has 1 rings (SSSR count). The first-order chi connectivity index (χ1) is 8.17. The lowest BCUT2D eigenvalue weighted by atomic mass is 9.87. The highest BCUT2D eigenvalue weighted by molar-refractivity contribution is 9.10. The maximum Gasteiger partial charge on any atom is 0.0410 e. The number of nitrogens with zero attached hydrogens (tertiary/aromatic N) is 1. The van der Waals surface area contributed by atoms with Crippen molar-refractivity contribution in [2.45, 2.75) is 52.0 Å². The van der Waals surface area contributed by atoms with Crippen LogP contribution in [0, 0.1) is 5.92 Å². The van der Waals surface area contributed by atoms with E-state index in [1.165, 1.54) is 31.2 Å². The molecular formula is C14H23BrN2. The lowest BCUT2D eigenvalue weighted by molar-refractivity contribution is 0.359. The van der Waals surface area contributed by atoms with Crippen LogP contribution in [0.2, 0.25) is 0 Å². The van der Waals surface area contributed by atoms with Gasteiger partial charge in [0.2, 0.25) is 0 Å². The molecule has 0 spiro atoms. The van der Waals surface area contributed by atoms with Crippen LogP contribution in [0.4, 0.5) is 0 Å². The maximum absolute atomic E-state index is 6.33. The summed E-state index contributed by atoms with van der Waals surface area (Å²) >= 11 is 3.45. The Balaban J connectivity index is 2.59. The van der Waals surface area contributed by atoms with Gasteiger partial charge in [-0.3, -0.25) is 4.98 Å². The van der Waals surface area contributed by atoms with Crippen LogP contribution < -0.4 is 5.73 Å². The highest BCUT2D eigenvalue weighted by Crippen LogP contribution is 2.20. The Kier molecular flexibility index (Phi) is 6.75. The minimum atomic E-state index is 0.256. The highest BCUT2D eigenvalue weighted by atomic mass is 79.9. The van der Waals surface area contributed by atoms with Gasteiger partial charge in [0.25, 0.3) is 0 Å². The summed E-state index contributed by atoms with van der Waals surface area (Å²) in [6.07, 6.45) is 9.55. The fourth-order valence-corrected chi connectivity index (χ4v) is 2.73. The van der Waals surface area contributed by atoms with Gasteiger partial charge >= 0.3 is 0 Å². The fourth-order valence-electron chi connectivity index (χ4n) is 2.32. The number of hydrogen-bond donors (Lipinski definition) is 1. The molecule has 1 heterocycles. The Morgan fingerprint density at radius 3 is 2.41 bits per heavy atom. The molecule has 17 heavy (non-hydrogen) atoms. The summed E-state index contributed by atoms with van der Waals surface area (Å²) in [7, 11) is 0. The van der Waals surface area contributed by atoms with E-state index in [2.05, 4.69) is 40.8 Å². The Labute approximate surface area is 113 Å². The molecule has 2 nitrogen and oxygen atoms in total. The van der Waals surface area contributed by atoms with Gasteiger partial charge in [-0.15, -0.1) is 0 Å². The van der Waals surface area contributed by atoms with Crippen LogP contribution >= 0.6 is 15.9 Å². The first kappa shape index (κ1) is 14.7. The molecule has 0 bridgehead atoms. The number of hydrogen-bond acceptors (Lipinski definition) is 2. The molecule has 1 aromatic rings. The molecule has 0 aliphatic carbocycles. The summed E-state index contributed by atoms with van der Waals surface area (Å²) in [5.41, 5.74) is 7.56. The molecule has 1 aromatic heterocycles. The zero-order valence-electron chi connectivity index (χ0n) is 10.8. The number of aromatic nitrogens is 1. The summed E-state index contributed by atoms with van der Waals surface area (Å²) in [5.74, 6) is 0.643. The smallest absolute Gasteiger partial charge is 0.0410 e. The van der Waals surface area contributed by atoms with Crippen molar-refractivity contribution >= 4 is 15.9 Å². The van der Waals surface area contributed by atoms with Gasteiger partial charge in [-0.25, -0.2) is 0 Å². The second-order valence-corrected chi connectivity index (χ2v) is 5.63. The van der Waals surface area contributed by atoms with E-state index in [0.717, 1.165) is 10.9 Å². The van der Waals surface area contributed by atoms with Gasteiger partial charge in [-0.05, 0) is 52.7 Å². The van der Waals surface area contributed by atoms with Crippen molar-refractivity contribution < 1.29 is 0 Å². The third-order valence-electron chi connectivity index (χ3n) is 3.16. The van der Waals surface area contributed by atoms with Crippen LogP contribution in [-0.2, 0) is 6.42 Å². The molecule has 2 N–H and O–H groups in total. The van der Waals surface area contributed by atoms with Crippen molar-refractivity contribution in [3.05, 3.63) is 28.5 Å². The minimum Gasteiger partial charge on any atom is -0.327 e. The molecule has 96 valence electrons. The lowest BCUT2D eigenvalue weighted by Crippen LogP contribution is -2.32. The van der Waals surface area contributed by atoms with Crippen LogP contribution in [0.5, 0.6) is 0 Å². The summed E-state index contributed by atoms with van der Waals surface area (Å²) in [6.45, 7) is 4.46. The molecular weight excluding hydrogens is 276 g/mol. The van der Waals surface area contributed by atoms with E-state index in [0.29, 0.717) is 5.92 Å². The van der Waals surface area contributed by atoms with E-state index in [4.69, 9.17) is 5.73 Å². The molecule has 0 amide bonds. The van der Waals surface area contributed by atoms with Gasteiger partial charge in [-0.2, -0.15) is 0 Å². The molecule has 3 heteroatoms. The van der Waals surface area contributed by atoms with Crippen molar-refractivity contribution in [2.75, 3.05) is 0 Å². The first-order valence-corrected chi connectivity index (χ1v) is 7.31. The third-order valence-corrected chi connectivity index (χ3v) is 3.59. The van der Waals surface area contributed by atoms with E-state index in [-0.39, 0.29) is 6.04 Å². The molecule has 1 atom stereocenters. The third kappa shape index (κ3) is 5.17. The van der Waals surface area contributed by atoms with Crippen LogP contribution in [0.3, 0.4) is 0 Å². The predicted octanol–water partition coefficient (Wildman–Crippen LogP) is 3.93. The number of pyridine rings is 1. The predicted molar refractivity (Wildman–Crippen MR) is 76.9 cm³/mol. The SMILES string of the molecule is CCCC(CCC)C(N)Cc1cncc(Br)c1. The highest BCUT2D eigenvalue weighted by Gasteiger charge is 2.16. The van der Waals surface area contributed by atoms with Gasteiger partial charge < -0.3 is 5.73 Å². The topological polar surface area (TPSA) is 38.9 Å². The molecule has 0 radical (unpaired) electrons. The molecule has 1 unspecified atom stereocenters. The number of halogens is 1. The van der Waals surface area contributed by atoms with Gasteiger partial charge in [0, 0.05) is 22.9 Å². The summed E-state index contributed by atoms with van der Waals surface area (Å²) in [5, 5.41) is 0. The van der Waals surface area contributed by atoms with Gasteiger partial charge in [0.1, 0.15) is 0 Å². The maximum atomic E-state index is 6.33. The van der Waals surface area contributed by atoms with Crippen molar-refractivity contribution in [3.8, 4) is 0 Å². The quantitative estimate of drug-likeness (QED) is 0.828. The standard InChI is InChI=1S/C14H23BrN2/c1-3-5-12(6-4-2)14(16)8-11-7-13(15)10-17-9-11/h7,9-10,12,14H,3-6,8,16H2,1-2H3. The van der Waals surface area contributed by atoms with Gasteiger partial charge in [-0.1, -0.05) is 26.7 Å². The second-order valence-electron chi connectivity index (χ2n) is 4.72. The van der Waals surface area contributed by atoms with Gasteiger partial charge in [0.15, 0.2) is 0 Å². The molecule has 0 aliphatic heterocycles. The number of rotatable bonds is 7. The van der Waals surface area contributed by atoms with Crippen LogP contribution in [0.15, 0.2) is 22.9 Å². The Morgan fingerprint density at radius 1 is 1.24 bits per heavy atom. The van der Waals surface area contributed by atoms with Gasteiger partial charge in [0.05, 0.1) is 0 Å². The van der Waals surface area contributed by atoms with E-state index < -0.39 is 0 Å². The van der Waals surface area contributed by atoms with E-state index in [9.17, 15) is 0 Å². The van der Waals surface area contributed by atoms with Crippen LogP contribution in [-0.4, -0.2) is 11.0 Å². The average Bonchev–Trinajstić information content (AvgIpc) is 2.28. The van der Waals surface area contributed by atoms with Crippen molar-refractivity contribution in [3.63, 3.8) is 0 Å². The fraction of sp³-hybridized carbons (Fsp3) is 0.643. The first-order valence-electron chi connectivity index (χ1n) is 6.52. The molecule has 0 fully saturated rings. The van der Waals surface area contributed by atoms with Crippen molar-refractivity contribution in [2.24, 2.45) is 11.7 Å². The zero-order chi connectivity index (χ0) is 12.7. The Hall–Kier alpha value is -0.410. The Bertz CT molecular complexity index is 322. The molecule has 0 saturated heterocycles. The van der Waals surface area contributed by atoms with E-state index in [1.54, 1.807) is 0 Å². The molecule has 0 saturated carbocycles. The normalized spacial score (nSPS) is 13.0. The van der Waals surface area contributed by atoms with Crippen LogP contribution in [0.1, 0.15) is 45.1 Å². The van der Waals surface area contributed by atoms with E-state index in [1.807, 2.05) is 12.4 Å². The number of nitrogens with two attached hydrogens (primary N) is 1. The monoisotopic (exact) mass is 298 g/mol. The minimum absolute atomic E-state index is 0.256. The van der Waals surface area contributed by atoms with Crippen LogP contribution in [0.25, 0.3) is 0 Å².